The zero-order chi connectivity index (χ0) is 38.8. The minimum atomic E-state index is -1.29. The highest BCUT2D eigenvalue weighted by molar-refractivity contribution is 6.00. The van der Waals surface area contributed by atoms with Gasteiger partial charge in [0.25, 0.3) is 0 Å². The molecule has 2 bridgehead atoms. The Bertz CT molecular complexity index is 1550. The number of aliphatic hydroxyl groups excluding tert-OH is 1. The van der Waals surface area contributed by atoms with E-state index in [0.29, 0.717) is 25.9 Å². The summed E-state index contributed by atoms with van der Waals surface area (Å²) in [6, 6.07) is 9.08. The van der Waals surface area contributed by atoms with Crippen LogP contribution >= 0.6 is 0 Å². The second-order valence-electron chi connectivity index (χ2n) is 16.0. The molecule has 4 aliphatic heterocycles. The smallest absolute Gasteiger partial charge is 0.411 e. The lowest BCUT2D eigenvalue weighted by Gasteiger charge is -2.47. The van der Waals surface area contributed by atoms with E-state index in [1.54, 1.807) is 18.7 Å². The Kier molecular flexibility index (Phi) is 12.7. The van der Waals surface area contributed by atoms with E-state index in [-0.39, 0.29) is 30.6 Å². The Morgan fingerprint density at radius 2 is 1.77 bits per heavy atom. The maximum absolute atomic E-state index is 14.5. The fraction of sp³-hybridized carbons (Fsp3) is 0.659. The summed E-state index contributed by atoms with van der Waals surface area (Å²) in [5, 5.41) is 11.6. The maximum atomic E-state index is 14.5. The van der Waals surface area contributed by atoms with Crippen molar-refractivity contribution in [1.29, 1.82) is 0 Å². The van der Waals surface area contributed by atoms with Gasteiger partial charge in [0.2, 0.25) is 0 Å². The summed E-state index contributed by atoms with van der Waals surface area (Å²) in [4.78, 5) is 50.4. The fourth-order valence-electron chi connectivity index (χ4n) is 8.98. The monoisotopic (exact) mass is 737 g/mol. The third kappa shape index (κ3) is 8.32. The number of cyclic esters (lactones) is 1. The minimum Gasteiger partial charge on any atom is -0.453 e. The van der Waals surface area contributed by atoms with Crippen molar-refractivity contribution in [2.75, 3.05) is 33.8 Å². The number of ether oxygens (including phenoxy) is 5. The largest absolute Gasteiger partial charge is 0.453 e. The zero-order valence-electron chi connectivity index (χ0n) is 32.8. The van der Waals surface area contributed by atoms with Crippen LogP contribution in [0.15, 0.2) is 54.1 Å². The SMILES string of the molecule is C=CC1OC(=O)[C@H](C)C(=O)[C@H](C)[C@@H](OC2O[C@@H](C)C[C@@H](N(C)C)[C@@H]2O)[C@@](C)(OC/C=C/c2ccccc2)C[C@@H](C)C2=NCCN3C(=O)O[C@@]1(C)C3[C@@H]2C. The number of carbonyl (C=O) groups is 3. The van der Waals surface area contributed by atoms with Crippen molar-refractivity contribution in [3.05, 3.63) is 54.6 Å². The van der Waals surface area contributed by atoms with Gasteiger partial charge < -0.3 is 33.7 Å². The molecule has 13 atom stereocenters. The zero-order valence-corrected chi connectivity index (χ0v) is 32.8. The number of amides is 1. The lowest BCUT2D eigenvalue weighted by Crippen LogP contribution is -2.60. The number of benzene rings is 1. The third-order valence-electron chi connectivity index (χ3n) is 11.7. The molecule has 1 aromatic carbocycles. The Morgan fingerprint density at radius 1 is 1.08 bits per heavy atom. The summed E-state index contributed by atoms with van der Waals surface area (Å²) in [7, 11) is 3.80. The Morgan fingerprint density at radius 3 is 2.43 bits per heavy atom. The second-order valence-corrected chi connectivity index (χ2v) is 16.0. The van der Waals surface area contributed by atoms with Gasteiger partial charge in [0.15, 0.2) is 23.8 Å². The summed E-state index contributed by atoms with van der Waals surface area (Å²) in [5.74, 6) is -3.87. The molecule has 292 valence electrons. The summed E-state index contributed by atoms with van der Waals surface area (Å²) in [5.41, 5.74) is -0.612. The molecule has 53 heavy (non-hydrogen) atoms. The first-order valence-corrected chi connectivity index (χ1v) is 18.9. The average molecular weight is 738 g/mol. The van der Waals surface area contributed by atoms with Gasteiger partial charge in [-0.15, -0.1) is 0 Å². The molecule has 1 aromatic rings. The highest BCUT2D eigenvalue weighted by Gasteiger charge is 2.60. The van der Waals surface area contributed by atoms with Crippen molar-refractivity contribution in [3.8, 4) is 0 Å². The van der Waals surface area contributed by atoms with Crippen molar-refractivity contribution in [2.24, 2.45) is 28.7 Å². The van der Waals surface area contributed by atoms with Crippen molar-refractivity contribution in [2.45, 2.75) is 115 Å². The van der Waals surface area contributed by atoms with Gasteiger partial charge in [0, 0.05) is 30.1 Å². The van der Waals surface area contributed by atoms with Gasteiger partial charge in [-0.05, 0) is 72.2 Å². The quantitative estimate of drug-likeness (QED) is 0.222. The van der Waals surface area contributed by atoms with Gasteiger partial charge in [-0.25, -0.2) is 4.79 Å². The number of carbonyl (C=O) groups excluding carboxylic acids is 3. The number of ketones is 1. The number of hydrogen-bond donors (Lipinski definition) is 1. The van der Waals surface area contributed by atoms with Crippen LogP contribution in [0.5, 0.6) is 0 Å². The average Bonchev–Trinajstić information content (AvgIpc) is 3.24. The van der Waals surface area contributed by atoms with E-state index in [1.165, 1.54) is 13.0 Å². The first kappa shape index (κ1) is 40.8. The number of aliphatic imine (C=N–C) groups is 1. The number of fused-ring (bicyclic) bond motifs is 1. The molecule has 0 radical (unpaired) electrons. The molecule has 0 saturated carbocycles. The molecular weight excluding hydrogens is 678 g/mol. The lowest BCUT2D eigenvalue weighted by molar-refractivity contribution is -0.296. The van der Waals surface area contributed by atoms with Crippen LogP contribution in [0.4, 0.5) is 4.79 Å². The van der Waals surface area contributed by atoms with E-state index >= 15 is 0 Å². The molecule has 12 heteroatoms. The van der Waals surface area contributed by atoms with Crippen LogP contribution in [-0.2, 0) is 33.3 Å². The predicted octanol–water partition coefficient (Wildman–Crippen LogP) is 4.94. The number of rotatable bonds is 8. The van der Waals surface area contributed by atoms with Crippen molar-refractivity contribution >= 4 is 29.6 Å². The molecule has 0 aliphatic carbocycles. The van der Waals surface area contributed by atoms with E-state index < -0.39 is 71.5 Å². The first-order valence-electron chi connectivity index (χ1n) is 18.9. The molecule has 1 amide bonds. The fourth-order valence-corrected chi connectivity index (χ4v) is 8.98. The van der Waals surface area contributed by atoms with Gasteiger partial charge >= 0.3 is 12.1 Å². The normalized spacial score (nSPS) is 40.0. The molecule has 3 fully saturated rings. The van der Waals surface area contributed by atoms with Crippen molar-refractivity contribution < 1.29 is 43.2 Å². The molecular formula is C41H59N3O9. The second kappa shape index (κ2) is 16.5. The number of hydrogen-bond acceptors (Lipinski definition) is 11. The summed E-state index contributed by atoms with van der Waals surface area (Å²) >= 11 is 0. The number of aliphatic hydroxyl groups is 1. The summed E-state index contributed by atoms with van der Waals surface area (Å²) in [6.07, 6.45) is 1.42. The molecule has 4 heterocycles. The Hall–Kier alpha value is -3.42. The lowest BCUT2D eigenvalue weighted by atomic mass is 9.73. The van der Waals surface area contributed by atoms with E-state index in [4.69, 9.17) is 28.7 Å². The molecule has 3 unspecified atom stereocenters. The number of Topliss-reactive ketones (excluding diaryl/α,β-unsaturated/α-hetero) is 1. The van der Waals surface area contributed by atoms with Gasteiger partial charge in [-0.2, -0.15) is 0 Å². The van der Waals surface area contributed by atoms with Crippen LogP contribution in [0.1, 0.15) is 66.9 Å². The highest BCUT2D eigenvalue weighted by atomic mass is 16.7. The Balaban J connectivity index is 1.61. The molecule has 4 aliphatic rings. The number of esters is 1. The van der Waals surface area contributed by atoms with Gasteiger partial charge in [0.1, 0.15) is 12.0 Å². The van der Waals surface area contributed by atoms with Crippen molar-refractivity contribution in [1.82, 2.24) is 9.80 Å². The van der Waals surface area contributed by atoms with Crippen LogP contribution in [0, 0.1) is 23.7 Å². The van der Waals surface area contributed by atoms with E-state index in [9.17, 15) is 19.5 Å². The highest BCUT2D eigenvalue weighted by Crippen LogP contribution is 2.43. The molecule has 0 aromatic heterocycles. The van der Waals surface area contributed by atoms with E-state index in [2.05, 4.69) is 13.5 Å². The third-order valence-corrected chi connectivity index (χ3v) is 11.7. The van der Waals surface area contributed by atoms with Crippen molar-refractivity contribution in [3.63, 3.8) is 0 Å². The van der Waals surface area contributed by atoms with Crippen LogP contribution in [-0.4, -0.2) is 126 Å². The number of nitrogens with zero attached hydrogens (tertiary/aromatic N) is 3. The minimum absolute atomic E-state index is 0.182. The van der Waals surface area contributed by atoms with Crippen LogP contribution in [0.2, 0.25) is 0 Å². The first-order chi connectivity index (χ1) is 25.0. The number of likely N-dealkylation sites (N-methyl/N-ethyl adjacent to an activating group) is 1. The Labute approximate surface area is 314 Å². The molecule has 5 rings (SSSR count). The van der Waals surface area contributed by atoms with E-state index in [0.717, 1.165) is 11.3 Å². The van der Waals surface area contributed by atoms with Crippen LogP contribution < -0.4 is 0 Å². The maximum Gasteiger partial charge on any atom is 0.411 e. The van der Waals surface area contributed by atoms with Crippen LogP contribution in [0.25, 0.3) is 6.08 Å². The molecule has 3 saturated heterocycles. The summed E-state index contributed by atoms with van der Waals surface area (Å²) < 4.78 is 32.0. The molecule has 1 N–H and O–H groups in total. The standard InChI is InChI=1S/C41H59N3O9/c1-11-31-41(8)35-26(4)32(42-19-20-44(35)39(48)53-41)24(2)23-40(7,49-21-15-18-29-16-13-12-14-17-29)36(27(5)33(45)28(6)37(47)51-31)52-38-34(46)30(43(9)10)22-25(3)50-38/h11-18,24-28,30-31,34-36,38,46H,1,19-23H2,2-10H3/b18-15+/t24-,25+,26-,27+,28-,30-,31?,34+,35?,36-,38?,40+,41-/m1/s1. The van der Waals surface area contributed by atoms with E-state index in [1.807, 2.05) is 82.3 Å². The topological polar surface area (TPSA) is 136 Å². The van der Waals surface area contributed by atoms with Gasteiger partial charge in [0.05, 0.1) is 37.0 Å². The predicted molar refractivity (Wildman–Crippen MR) is 201 cm³/mol. The molecule has 0 spiro atoms. The molecule has 12 nitrogen and oxygen atoms in total. The van der Waals surface area contributed by atoms with Gasteiger partial charge in [-0.3, -0.25) is 19.5 Å². The summed E-state index contributed by atoms with van der Waals surface area (Å²) in [6.45, 7) is 17.7. The van der Waals surface area contributed by atoms with Gasteiger partial charge in [-0.1, -0.05) is 69.8 Å². The van der Waals surface area contributed by atoms with Crippen LogP contribution in [0.3, 0.4) is 0 Å².